The van der Waals surface area contributed by atoms with E-state index in [0.717, 1.165) is 11.8 Å². The quantitative estimate of drug-likeness (QED) is 0.679. The number of amides is 1. The number of nitrogens with one attached hydrogen (secondary N) is 1. The number of carbonyl (C=O) groups excluding carboxylic acids is 1. The molecule has 16 heavy (non-hydrogen) atoms. The Bertz CT molecular complexity index is 395. The molecule has 0 saturated heterocycles. The smallest absolute Gasteiger partial charge is 0.251 e. The first-order valence-corrected chi connectivity index (χ1v) is 6.17. The zero-order chi connectivity index (χ0) is 11.4. The van der Waals surface area contributed by atoms with Gasteiger partial charge in [-0.15, -0.1) is 0 Å². The maximum absolute atomic E-state index is 11.7. The second-order valence-electron chi connectivity index (χ2n) is 3.37. The molecular formula is C11H12BrNO3. The summed E-state index contributed by atoms with van der Waals surface area (Å²) in [6.45, 7) is 0.891. The summed E-state index contributed by atoms with van der Waals surface area (Å²) in [6.07, 6.45) is 0.913. The predicted molar refractivity (Wildman–Crippen MR) is 63.3 cm³/mol. The van der Waals surface area contributed by atoms with Gasteiger partial charge >= 0.3 is 0 Å². The molecule has 1 N–H and O–H groups in total. The molecule has 1 aliphatic heterocycles. The third kappa shape index (κ3) is 2.47. The summed E-state index contributed by atoms with van der Waals surface area (Å²) in [6, 6.07) is 5.19. The largest absolute Gasteiger partial charge is 0.454 e. The van der Waals surface area contributed by atoms with Crippen LogP contribution in [0.25, 0.3) is 0 Å². The van der Waals surface area contributed by atoms with Crippen LogP contribution >= 0.6 is 15.9 Å². The number of carbonyl (C=O) groups is 1. The van der Waals surface area contributed by atoms with E-state index in [4.69, 9.17) is 9.47 Å². The van der Waals surface area contributed by atoms with Crippen molar-refractivity contribution in [2.45, 2.75) is 6.42 Å². The lowest BCUT2D eigenvalue weighted by Crippen LogP contribution is -2.24. The minimum Gasteiger partial charge on any atom is -0.454 e. The molecule has 2 rings (SSSR count). The molecule has 0 saturated carbocycles. The highest BCUT2D eigenvalue weighted by molar-refractivity contribution is 9.09. The average molecular weight is 286 g/mol. The summed E-state index contributed by atoms with van der Waals surface area (Å²) >= 11 is 3.31. The van der Waals surface area contributed by atoms with E-state index in [0.29, 0.717) is 23.6 Å². The molecule has 86 valence electrons. The summed E-state index contributed by atoms with van der Waals surface area (Å²) in [4.78, 5) is 11.7. The van der Waals surface area contributed by atoms with Crippen molar-refractivity contribution in [3.05, 3.63) is 23.8 Å². The first-order valence-electron chi connectivity index (χ1n) is 5.05. The van der Waals surface area contributed by atoms with Crippen LogP contribution in [0.1, 0.15) is 16.8 Å². The third-order valence-corrected chi connectivity index (χ3v) is 2.79. The molecule has 0 atom stereocenters. The molecule has 0 unspecified atom stereocenters. The van der Waals surface area contributed by atoms with Crippen LogP contribution in [-0.2, 0) is 0 Å². The molecule has 1 amide bonds. The van der Waals surface area contributed by atoms with Crippen LogP contribution in [0.15, 0.2) is 18.2 Å². The van der Waals surface area contributed by atoms with Gasteiger partial charge in [-0.1, -0.05) is 15.9 Å². The van der Waals surface area contributed by atoms with Crippen LogP contribution in [0.4, 0.5) is 0 Å². The Balaban J connectivity index is 2.01. The Kier molecular flexibility index (Phi) is 3.66. The molecule has 0 aliphatic carbocycles. The maximum atomic E-state index is 11.7. The van der Waals surface area contributed by atoms with Crippen LogP contribution < -0.4 is 14.8 Å². The lowest BCUT2D eigenvalue weighted by molar-refractivity contribution is 0.0953. The Hall–Kier alpha value is -1.23. The van der Waals surface area contributed by atoms with Crippen molar-refractivity contribution in [3.8, 4) is 11.5 Å². The second-order valence-corrected chi connectivity index (χ2v) is 4.16. The molecule has 1 heterocycles. The molecule has 1 aliphatic rings. The first kappa shape index (κ1) is 11.3. The van der Waals surface area contributed by atoms with Crippen molar-refractivity contribution in [3.63, 3.8) is 0 Å². The van der Waals surface area contributed by atoms with Gasteiger partial charge in [-0.2, -0.15) is 0 Å². The number of fused-ring (bicyclic) bond motifs is 1. The van der Waals surface area contributed by atoms with Gasteiger partial charge in [0.15, 0.2) is 11.5 Å². The van der Waals surface area contributed by atoms with Crippen molar-refractivity contribution in [2.24, 2.45) is 0 Å². The van der Waals surface area contributed by atoms with Crippen LogP contribution in [0.5, 0.6) is 11.5 Å². The fraction of sp³-hybridized carbons (Fsp3) is 0.364. The van der Waals surface area contributed by atoms with Gasteiger partial charge in [-0.25, -0.2) is 0 Å². The summed E-state index contributed by atoms with van der Waals surface area (Å²) < 4.78 is 10.4. The van der Waals surface area contributed by atoms with Crippen molar-refractivity contribution < 1.29 is 14.3 Å². The van der Waals surface area contributed by atoms with Gasteiger partial charge in [-0.3, -0.25) is 4.79 Å². The molecule has 1 aromatic carbocycles. The number of ether oxygens (including phenoxy) is 2. The van der Waals surface area contributed by atoms with Gasteiger partial charge in [-0.05, 0) is 24.6 Å². The third-order valence-electron chi connectivity index (χ3n) is 2.23. The van der Waals surface area contributed by atoms with Gasteiger partial charge in [0.1, 0.15) is 0 Å². The lowest BCUT2D eigenvalue weighted by atomic mass is 10.2. The van der Waals surface area contributed by atoms with Gasteiger partial charge in [0, 0.05) is 17.4 Å². The Morgan fingerprint density at radius 1 is 1.38 bits per heavy atom. The topological polar surface area (TPSA) is 47.6 Å². The average Bonchev–Trinajstić information content (AvgIpc) is 2.76. The van der Waals surface area contributed by atoms with E-state index in [-0.39, 0.29) is 12.7 Å². The van der Waals surface area contributed by atoms with Gasteiger partial charge in [0.2, 0.25) is 6.79 Å². The van der Waals surface area contributed by atoms with Crippen molar-refractivity contribution >= 4 is 21.8 Å². The van der Waals surface area contributed by atoms with Crippen LogP contribution in [0, 0.1) is 0 Å². The lowest BCUT2D eigenvalue weighted by Gasteiger charge is -2.04. The summed E-state index contributed by atoms with van der Waals surface area (Å²) in [7, 11) is 0. The highest BCUT2D eigenvalue weighted by Gasteiger charge is 2.15. The summed E-state index contributed by atoms with van der Waals surface area (Å²) in [5.41, 5.74) is 0.596. The number of halogens is 1. The number of hydrogen-bond acceptors (Lipinski definition) is 3. The predicted octanol–water partition coefficient (Wildman–Crippen LogP) is 1.93. The fourth-order valence-electron chi connectivity index (χ4n) is 1.41. The molecule has 0 spiro atoms. The highest BCUT2D eigenvalue weighted by Crippen LogP contribution is 2.32. The SMILES string of the molecule is O=C(NCCCBr)c1ccc2c(c1)OCO2. The van der Waals surface area contributed by atoms with E-state index in [1.807, 2.05) is 0 Å². The highest BCUT2D eigenvalue weighted by atomic mass is 79.9. The zero-order valence-corrected chi connectivity index (χ0v) is 10.2. The number of benzene rings is 1. The Morgan fingerprint density at radius 3 is 3.00 bits per heavy atom. The Labute approximate surface area is 102 Å². The van der Waals surface area contributed by atoms with Gasteiger partial charge < -0.3 is 14.8 Å². The van der Waals surface area contributed by atoms with E-state index in [1.165, 1.54) is 0 Å². The monoisotopic (exact) mass is 285 g/mol. The minimum atomic E-state index is -0.0840. The number of rotatable bonds is 4. The summed E-state index contributed by atoms with van der Waals surface area (Å²) in [5, 5.41) is 3.71. The van der Waals surface area contributed by atoms with E-state index >= 15 is 0 Å². The van der Waals surface area contributed by atoms with Gasteiger partial charge in [0.05, 0.1) is 0 Å². The van der Waals surface area contributed by atoms with Crippen LogP contribution in [-0.4, -0.2) is 24.6 Å². The van der Waals surface area contributed by atoms with Crippen molar-refractivity contribution in [2.75, 3.05) is 18.7 Å². The molecule has 5 heteroatoms. The molecular weight excluding hydrogens is 274 g/mol. The normalized spacial score (nSPS) is 12.6. The standard InChI is InChI=1S/C11H12BrNO3/c12-4-1-5-13-11(14)8-2-3-9-10(6-8)16-7-15-9/h2-3,6H,1,4-5,7H2,(H,13,14). The van der Waals surface area contributed by atoms with E-state index < -0.39 is 0 Å². The molecule has 0 aromatic heterocycles. The minimum absolute atomic E-state index is 0.0840. The van der Waals surface area contributed by atoms with E-state index in [9.17, 15) is 4.79 Å². The van der Waals surface area contributed by atoms with E-state index in [2.05, 4.69) is 21.2 Å². The van der Waals surface area contributed by atoms with Gasteiger partial charge in [0.25, 0.3) is 5.91 Å². The molecule has 0 fully saturated rings. The second kappa shape index (κ2) is 5.21. The zero-order valence-electron chi connectivity index (χ0n) is 8.66. The van der Waals surface area contributed by atoms with Crippen LogP contribution in [0.3, 0.4) is 0 Å². The van der Waals surface area contributed by atoms with Crippen molar-refractivity contribution in [1.82, 2.24) is 5.32 Å². The number of hydrogen-bond donors (Lipinski definition) is 1. The Morgan fingerprint density at radius 2 is 2.19 bits per heavy atom. The summed E-state index contributed by atoms with van der Waals surface area (Å²) in [5.74, 6) is 1.24. The molecule has 0 radical (unpaired) electrons. The fourth-order valence-corrected chi connectivity index (χ4v) is 1.69. The first-order chi connectivity index (χ1) is 7.81. The molecule has 4 nitrogen and oxygen atoms in total. The maximum Gasteiger partial charge on any atom is 0.251 e. The molecule has 0 bridgehead atoms. The van der Waals surface area contributed by atoms with E-state index in [1.54, 1.807) is 18.2 Å². The van der Waals surface area contributed by atoms with Crippen molar-refractivity contribution in [1.29, 1.82) is 0 Å². The number of alkyl halides is 1. The molecule has 1 aromatic rings. The van der Waals surface area contributed by atoms with Crippen LogP contribution in [0.2, 0.25) is 0 Å².